The second-order valence-corrected chi connectivity index (χ2v) is 5.72. The minimum atomic E-state index is 0.486. The lowest BCUT2D eigenvalue weighted by Gasteiger charge is -2.11. The van der Waals surface area contributed by atoms with Gasteiger partial charge in [0.2, 0.25) is 5.89 Å². The molecule has 130 valence electrons. The van der Waals surface area contributed by atoms with E-state index < -0.39 is 0 Å². The molecule has 0 unspecified atom stereocenters. The molecule has 1 aromatic carbocycles. The average molecular weight is 351 g/mol. The van der Waals surface area contributed by atoms with Gasteiger partial charge in [-0.15, -0.1) is 0 Å². The largest absolute Gasteiger partial charge is 0.444 e. The van der Waals surface area contributed by atoms with Crippen molar-refractivity contribution in [2.24, 2.45) is 4.99 Å². The Balaban J connectivity index is 1.63. The first kappa shape index (κ1) is 18.3. The zero-order chi connectivity index (χ0) is 17.4. The number of halogens is 1. The monoisotopic (exact) mass is 350 g/mol. The lowest BCUT2D eigenvalue weighted by molar-refractivity contribution is 0.125. The molecule has 2 aromatic rings. The van der Waals surface area contributed by atoms with Crippen molar-refractivity contribution in [3.05, 3.63) is 52.2 Å². The van der Waals surface area contributed by atoms with Gasteiger partial charge in [-0.2, -0.15) is 0 Å². The van der Waals surface area contributed by atoms with Crippen LogP contribution in [0.3, 0.4) is 0 Å². The number of aliphatic imine (C=N–C) groups is 1. The number of hydrogen-bond donors (Lipinski definition) is 2. The van der Waals surface area contributed by atoms with Crippen LogP contribution in [0.1, 0.15) is 22.9 Å². The highest BCUT2D eigenvalue weighted by Gasteiger charge is 2.06. The molecule has 2 N–H and O–H groups in total. The SMILES string of the molecule is CN=C(NCCOCc1ccc(Cl)cc1)NCc1nc(C)c(C)o1. The van der Waals surface area contributed by atoms with Gasteiger partial charge in [0.15, 0.2) is 5.96 Å². The maximum absolute atomic E-state index is 5.85. The van der Waals surface area contributed by atoms with Crippen LogP contribution in [0.15, 0.2) is 33.7 Å². The fourth-order valence-electron chi connectivity index (χ4n) is 2.01. The van der Waals surface area contributed by atoms with Crippen LogP contribution >= 0.6 is 11.6 Å². The van der Waals surface area contributed by atoms with Crippen molar-refractivity contribution in [3.63, 3.8) is 0 Å². The minimum Gasteiger partial charge on any atom is -0.444 e. The second-order valence-electron chi connectivity index (χ2n) is 5.28. The topological polar surface area (TPSA) is 71.7 Å². The Bertz CT molecular complexity index is 648. The molecule has 0 saturated carbocycles. The summed E-state index contributed by atoms with van der Waals surface area (Å²) in [6.45, 7) is 6.08. The molecular formula is C17H23ClN4O2. The fourth-order valence-corrected chi connectivity index (χ4v) is 2.13. The van der Waals surface area contributed by atoms with Gasteiger partial charge < -0.3 is 19.8 Å². The standard InChI is InChI=1S/C17H23ClN4O2/c1-12-13(2)24-16(22-12)10-21-17(19-3)20-8-9-23-11-14-4-6-15(18)7-5-14/h4-7H,8-11H2,1-3H3,(H2,19,20,21). The summed E-state index contributed by atoms with van der Waals surface area (Å²) in [6.07, 6.45) is 0. The molecule has 0 aliphatic rings. The van der Waals surface area contributed by atoms with E-state index in [4.69, 9.17) is 20.8 Å². The predicted octanol–water partition coefficient (Wildman–Crippen LogP) is 2.83. The van der Waals surface area contributed by atoms with Gasteiger partial charge >= 0.3 is 0 Å². The number of oxazole rings is 1. The summed E-state index contributed by atoms with van der Waals surface area (Å²) in [4.78, 5) is 8.47. The minimum absolute atomic E-state index is 0.486. The van der Waals surface area contributed by atoms with E-state index in [1.54, 1.807) is 7.05 Å². The van der Waals surface area contributed by atoms with Crippen LogP contribution in [0.4, 0.5) is 0 Å². The van der Waals surface area contributed by atoms with Crippen LogP contribution in [0.25, 0.3) is 0 Å². The second kappa shape index (κ2) is 9.30. The Morgan fingerprint density at radius 3 is 2.62 bits per heavy atom. The number of aromatic nitrogens is 1. The van der Waals surface area contributed by atoms with Crippen molar-refractivity contribution in [2.75, 3.05) is 20.2 Å². The zero-order valence-corrected chi connectivity index (χ0v) is 15.0. The molecule has 0 radical (unpaired) electrons. The molecule has 0 atom stereocenters. The van der Waals surface area contributed by atoms with Crippen molar-refractivity contribution in [2.45, 2.75) is 27.0 Å². The number of benzene rings is 1. The number of hydrogen-bond acceptors (Lipinski definition) is 4. The number of guanidine groups is 1. The number of nitrogens with zero attached hydrogens (tertiary/aromatic N) is 2. The van der Waals surface area contributed by atoms with E-state index in [0.717, 1.165) is 22.0 Å². The Morgan fingerprint density at radius 2 is 2.00 bits per heavy atom. The third-order valence-electron chi connectivity index (χ3n) is 3.42. The Labute approximate surface area is 147 Å². The van der Waals surface area contributed by atoms with Crippen molar-refractivity contribution in [1.29, 1.82) is 0 Å². The summed E-state index contributed by atoms with van der Waals surface area (Å²) < 4.78 is 11.1. The highest BCUT2D eigenvalue weighted by atomic mass is 35.5. The summed E-state index contributed by atoms with van der Waals surface area (Å²) in [6, 6.07) is 7.62. The molecule has 0 fully saturated rings. The van der Waals surface area contributed by atoms with Gasteiger partial charge in [0.25, 0.3) is 0 Å². The van der Waals surface area contributed by atoms with Crippen LogP contribution in [0, 0.1) is 13.8 Å². The van der Waals surface area contributed by atoms with Gasteiger partial charge in [-0.25, -0.2) is 4.98 Å². The third-order valence-corrected chi connectivity index (χ3v) is 3.68. The first-order chi connectivity index (χ1) is 11.6. The Morgan fingerprint density at radius 1 is 1.25 bits per heavy atom. The van der Waals surface area contributed by atoms with Crippen LogP contribution in [0.5, 0.6) is 0 Å². The molecule has 0 saturated heterocycles. The summed E-state index contributed by atoms with van der Waals surface area (Å²) >= 11 is 5.85. The predicted molar refractivity (Wildman–Crippen MR) is 95.3 cm³/mol. The first-order valence-corrected chi connectivity index (χ1v) is 8.16. The average Bonchev–Trinajstić information content (AvgIpc) is 2.90. The van der Waals surface area contributed by atoms with E-state index in [9.17, 15) is 0 Å². The molecule has 6 nitrogen and oxygen atoms in total. The van der Waals surface area contributed by atoms with E-state index in [2.05, 4.69) is 20.6 Å². The molecule has 1 aromatic heterocycles. The van der Waals surface area contributed by atoms with Crippen LogP contribution in [-0.2, 0) is 17.9 Å². The van der Waals surface area contributed by atoms with E-state index in [0.29, 0.717) is 38.2 Å². The summed E-state index contributed by atoms with van der Waals surface area (Å²) in [5, 5.41) is 7.06. The van der Waals surface area contributed by atoms with Gasteiger partial charge in [0.05, 0.1) is 25.5 Å². The maximum Gasteiger partial charge on any atom is 0.214 e. The summed E-state index contributed by atoms with van der Waals surface area (Å²) in [5.74, 6) is 2.16. The van der Waals surface area contributed by atoms with Crippen molar-refractivity contribution >= 4 is 17.6 Å². The van der Waals surface area contributed by atoms with E-state index >= 15 is 0 Å². The highest BCUT2D eigenvalue weighted by molar-refractivity contribution is 6.30. The molecule has 1 heterocycles. The lowest BCUT2D eigenvalue weighted by atomic mass is 10.2. The Kier molecular flexibility index (Phi) is 7.08. The van der Waals surface area contributed by atoms with Gasteiger partial charge in [-0.3, -0.25) is 4.99 Å². The van der Waals surface area contributed by atoms with Gasteiger partial charge in [-0.05, 0) is 31.5 Å². The quantitative estimate of drug-likeness (QED) is 0.456. The number of ether oxygens (including phenoxy) is 1. The fraction of sp³-hybridized carbons (Fsp3) is 0.412. The first-order valence-electron chi connectivity index (χ1n) is 7.78. The van der Waals surface area contributed by atoms with Crippen molar-refractivity contribution in [3.8, 4) is 0 Å². The van der Waals surface area contributed by atoms with E-state index in [1.165, 1.54) is 0 Å². The molecule has 0 aliphatic heterocycles. The highest BCUT2D eigenvalue weighted by Crippen LogP contribution is 2.10. The zero-order valence-electron chi connectivity index (χ0n) is 14.2. The van der Waals surface area contributed by atoms with E-state index in [-0.39, 0.29) is 0 Å². The molecule has 0 aliphatic carbocycles. The maximum atomic E-state index is 5.85. The Hall–Kier alpha value is -2.05. The van der Waals surface area contributed by atoms with Crippen LogP contribution in [-0.4, -0.2) is 31.1 Å². The molecule has 0 amide bonds. The number of rotatable bonds is 7. The van der Waals surface area contributed by atoms with Crippen molar-refractivity contribution < 1.29 is 9.15 Å². The normalized spacial score (nSPS) is 11.6. The smallest absolute Gasteiger partial charge is 0.214 e. The van der Waals surface area contributed by atoms with Gasteiger partial charge in [0.1, 0.15) is 5.76 Å². The third kappa shape index (κ3) is 5.86. The lowest BCUT2D eigenvalue weighted by Crippen LogP contribution is -2.38. The molecule has 24 heavy (non-hydrogen) atoms. The van der Waals surface area contributed by atoms with Crippen LogP contribution in [0.2, 0.25) is 5.02 Å². The molecule has 0 bridgehead atoms. The molecule has 2 rings (SSSR count). The van der Waals surface area contributed by atoms with E-state index in [1.807, 2.05) is 38.1 Å². The molecular weight excluding hydrogens is 328 g/mol. The number of aryl methyl sites for hydroxylation is 2. The molecule has 7 heteroatoms. The number of nitrogens with one attached hydrogen (secondary N) is 2. The van der Waals surface area contributed by atoms with Gasteiger partial charge in [-0.1, -0.05) is 23.7 Å². The summed E-state index contributed by atoms with van der Waals surface area (Å²) in [5.41, 5.74) is 2.00. The van der Waals surface area contributed by atoms with Gasteiger partial charge in [0, 0.05) is 18.6 Å². The summed E-state index contributed by atoms with van der Waals surface area (Å²) in [7, 11) is 1.72. The molecule has 0 spiro atoms. The van der Waals surface area contributed by atoms with Crippen LogP contribution < -0.4 is 10.6 Å². The van der Waals surface area contributed by atoms with Crippen molar-refractivity contribution in [1.82, 2.24) is 15.6 Å².